The van der Waals surface area contributed by atoms with Crippen molar-refractivity contribution in [1.29, 1.82) is 0 Å². The molecule has 0 unspecified atom stereocenters. The highest BCUT2D eigenvalue weighted by atomic mass is 16.5. The topological polar surface area (TPSA) is 79.9 Å². The molecule has 0 saturated heterocycles. The van der Waals surface area contributed by atoms with Crippen LogP contribution in [0.1, 0.15) is 42.6 Å². The first-order chi connectivity index (χ1) is 8.24. The second kappa shape index (κ2) is 7.78. The highest BCUT2D eigenvalue weighted by Gasteiger charge is 2.09. The fraction of sp³-hybridized carbons (Fsp3) is 0.727. The number of rotatable bonds is 8. The Kier molecular flexibility index (Phi) is 6.24. The van der Waals surface area contributed by atoms with Crippen LogP contribution in [-0.2, 0) is 4.74 Å². The third kappa shape index (κ3) is 5.44. The van der Waals surface area contributed by atoms with E-state index < -0.39 is 0 Å². The Morgan fingerprint density at radius 1 is 1.41 bits per heavy atom. The van der Waals surface area contributed by atoms with Crippen molar-refractivity contribution in [2.45, 2.75) is 33.1 Å². The Bertz CT molecular complexity index is 338. The van der Waals surface area contributed by atoms with E-state index in [1.165, 1.54) is 0 Å². The van der Waals surface area contributed by atoms with E-state index in [1.54, 1.807) is 6.92 Å². The second-order valence-electron chi connectivity index (χ2n) is 3.82. The summed E-state index contributed by atoms with van der Waals surface area (Å²) >= 11 is 0. The standard InChI is InChI=1S/C11H20N4O2/c1-3-4-7-17-8-5-6-12-11(16)10-13-9(2)14-15-10/h3-8H2,1-2H3,(H,12,16)(H,13,14,15). The molecule has 1 aromatic heterocycles. The SMILES string of the molecule is CCCCOCCCNC(=O)c1n[nH]c(C)n1. The first-order valence-electron chi connectivity index (χ1n) is 5.99. The lowest BCUT2D eigenvalue weighted by molar-refractivity contribution is 0.0930. The van der Waals surface area contributed by atoms with Crippen molar-refractivity contribution in [3.8, 4) is 0 Å². The highest BCUT2D eigenvalue weighted by molar-refractivity contribution is 5.90. The molecule has 0 saturated carbocycles. The van der Waals surface area contributed by atoms with Crippen molar-refractivity contribution in [3.63, 3.8) is 0 Å². The van der Waals surface area contributed by atoms with Crippen LogP contribution in [0.2, 0.25) is 0 Å². The monoisotopic (exact) mass is 240 g/mol. The zero-order valence-corrected chi connectivity index (χ0v) is 10.5. The molecular formula is C11H20N4O2. The minimum Gasteiger partial charge on any atom is -0.381 e. The molecule has 1 amide bonds. The molecule has 0 bridgehead atoms. The minimum atomic E-state index is -0.247. The summed E-state index contributed by atoms with van der Waals surface area (Å²) in [6.45, 7) is 5.93. The molecule has 17 heavy (non-hydrogen) atoms. The molecule has 1 rings (SSSR count). The molecule has 0 fully saturated rings. The number of amides is 1. The molecule has 2 N–H and O–H groups in total. The molecule has 0 aromatic carbocycles. The molecule has 0 atom stereocenters. The summed E-state index contributed by atoms with van der Waals surface area (Å²) in [4.78, 5) is 15.4. The van der Waals surface area contributed by atoms with Crippen LogP contribution in [0, 0.1) is 6.92 Å². The molecule has 0 aliphatic carbocycles. The largest absolute Gasteiger partial charge is 0.381 e. The number of ether oxygens (including phenoxy) is 1. The van der Waals surface area contributed by atoms with Crippen molar-refractivity contribution in [1.82, 2.24) is 20.5 Å². The quantitative estimate of drug-likeness (QED) is 0.666. The lowest BCUT2D eigenvalue weighted by Crippen LogP contribution is -2.26. The van der Waals surface area contributed by atoms with Gasteiger partial charge in [0, 0.05) is 19.8 Å². The zero-order chi connectivity index (χ0) is 12.5. The third-order valence-electron chi connectivity index (χ3n) is 2.19. The molecule has 6 heteroatoms. The van der Waals surface area contributed by atoms with E-state index in [-0.39, 0.29) is 11.7 Å². The second-order valence-corrected chi connectivity index (χ2v) is 3.82. The molecule has 1 aromatic rings. The van der Waals surface area contributed by atoms with Crippen molar-refractivity contribution in [3.05, 3.63) is 11.6 Å². The molecule has 6 nitrogen and oxygen atoms in total. The Hall–Kier alpha value is -1.43. The van der Waals surface area contributed by atoms with E-state index in [4.69, 9.17) is 4.74 Å². The van der Waals surface area contributed by atoms with Gasteiger partial charge in [0.2, 0.25) is 5.82 Å². The van der Waals surface area contributed by atoms with Crippen LogP contribution in [-0.4, -0.2) is 40.8 Å². The van der Waals surface area contributed by atoms with Gasteiger partial charge in [-0.25, -0.2) is 4.98 Å². The Morgan fingerprint density at radius 3 is 2.82 bits per heavy atom. The number of hydrogen-bond acceptors (Lipinski definition) is 4. The van der Waals surface area contributed by atoms with Crippen LogP contribution < -0.4 is 5.32 Å². The summed E-state index contributed by atoms with van der Waals surface area (Å²) in [6, 6.07) is 0. The van der Waals surface area contributed by atoms with Crippen molar-refractivity contribution in [2.24, 2.45) is 0 Å². The Labute approximate surface area is 101 Å². The zero-order valence-electron chi connectivity index (χ0n) is 10.5. The van der Waals surface area contributed by atoms with Crippen molar-refractivity contribution < 1.29 is 9.53 Å². The fourth-order valence-electron chi connectivity index (χ4n) is 1.25. The van der Waals surface area contributed by atoms with Crippen molar-refractivity contribution >= 4 is 5.91 Å². The van der Waals surface area contributed by atoms with E-state index in [0.717, 1.165) is 25.9 Å². The van der Waals surface area contributed by atoms with Gasteiger partial charge in [0.25, 0.3) is 5.91 Å². The highest BCUT2D eigenvalue weighted by Crippen LogP contribution is 1.92. The number of nitrogens with zero attached hydrogens (tertiary/aromatic N) is 2. The van der Waals surface area contributed by atoms with Gasteiger partial charge in [-0.1, -0.05) is 13.3 Å². The lowest BCUT2D eigenvalue weighted by Gasteiger charge is -2.04. The summed E-state index contributed by atoms with van der Waals surface area (Å²) in [6.07, 6.45) is 3.03. The summed E-state index contributed by atoms with van der Waals surface area (Å²) < 4.78 is 5.38. The number of hydrogen-bond donors (Lipinski definition) is 2. The Balaban J connectivity index is 2.05. The number of nitrogens with one attached hydrogen (secondary N) is 2. The van der Waals surface area contributed by atoms with Gasteiger partial charge in [0.15, 0.2) is 0 Å². The van der Waals surface area contributed by atoms with E-state index >= 15 is 0 Å². The molecule has 0 radical (unpaired) electrons. The maximum atomic E-state index is 11.5. The lowest BCUT2D eigenvalue weighted by atomic mass is 10.3. The average molecular weight is 240 g/mol. The van der Waals surface area contributed by atoms with Gasteiger partial charge >= 0.3 is 0 Å². The van der Waals surface area contributed by atoms with Gasteiger partial charge < -0.3 is 10.1 Å². The minimum absolute atomic E-state index is 0.189. The van der Waals surface area contributed by atoms with E-state index in [0.29, 0.717) is 19.0 Å². The predicted molar refractivity (Wildman–Crippen MR) is 63.8 cm³/mol. The van der Waals surface area contributed by atoms with Gasteiger partial charge in [-0.3, -0.25) is 9.89 Å². The first-order valence-corrected chi connectivity index (χ1v) is 5.99. The van der Waals surface area contributed by atoms with E-state index in [2.05, 4.69) is 27.4 Å². The van der Waals surface area contributed by atoms with Gasteiger partial charge in [-0.05, 0) is 19.8 Å². The van der Waals surface area contributed by atoms with E-state index in [1.807, 2.05) is 0 Å². The van der Waals surface area contributed by atoms with Crippen LogP contribution in [0.25, 0.3) is 0 Å². The molecular weight excluding hydrogens is 220 g/mol. The summed E-state index contributed by atoms with van der Waals surface area (Å²) in [5.41, 5.74) is 0. The van der Waals surface area contributed by atoms with Gasteiger partial charge in [-0.15, -0.1) is 5.10 Å². The first kappa shape index (κ1) is 13.6. The Morgan fingerprint density at radius 2 is 2.18 bits per heavy atom. The number of unbranched alkanes of at least 4 members (excludes halogenated alkanes) is 1. The maximum Gasteiger partial charge on any atom is 0.290 e. The predicted octanol–water partition coefficient (Wildman–Crippen LogP) is 1.05. The summed E-state index contributed by atoms with van der Waals surface area (Å²) in [5.74, 6) is 0.579. The fourth-order valence-corrected chi connectivity index (χ4v) is 1.25. The maximum absolute atomic E-state index is 11.5. The van der Waals surface area contributed by atoms with Gasteiger partial charge in [0.1, 0.15) is 5.82 Å². The number of aromatic nitrogens is 3. The smallest absolute Gasteiger partial charge is 0.290 e. The molecule has 0 spiro atoms. The number of carbonyl (C=O) groups excluding carboxylic acids is 1. The van der Waals surface area contributed by atoms with Crippen LogP contribution >= 0.6 is 0 Å². The summed E-state index contributed by atoms with van der Waals surface area (Å²) in [5, 5.41) is 9.14. The van der Waals surface area contributed by atoms with Crippen LogP contribution in [0.15, 0.2) is 0 Å². The molecule has 0 aliphatic heterocycles. The number of carbonyl (C=O) groups is 1. The third-order valence-corrected chi connectivity index (χ3v) is 2.19. The van der Waals surface area contributed by atoms with Gasteiger partial charge in [-0.2, -0.15) is 0 Å². The normalized spacial score (nSPS) is 10.5. The van der Waals surface area contributed by atoms with Crippen LogP contribution in [0.4, 0.5) is 0 Å². The molecule has 0 aliphatic rings. The molecule has 1 heterocycles. The van der Waals surface area contributed by atoms with Crippen molar-refractivity contribution in [2.75, 3.05) is 19.8 Å². The number of aromatic amines is 1. The van der Waals surface area contributed by atoms with Crippen LogP contribution in [0.5, 0.6) is 0 Å². The summed E-state index contributed by atoms with van der Waals surface area (Å²) in [7, 11) is 0. The van der Waals surface area contributed by atoms with E-state index in [9.17, 15) is 4.79 Å². The number of H-pyrrole nitrogens is 1. The molecule has 96 valence electrons. The number of aryl methyl sites for hydroxylation is 1. The van der Waals surface area contributed by atoms with Gasteiger partial charge in [0.05, 0.1) is 0 Å². The average Bonchev–Trinajstić information content (AvgIpc) is 2.74. The van der Waals surface area contributed by atoms with Crippen LogP contribution in [0.3, 0.4) is 0 Å².